The first-order chi connectivity index (χ1) is 20.6. The summed E-state index contributed by atoms with van der Waals surface area (Å²) < 4.78 is 12.3. The number of aromatic nitrogens is 1. The monoisotopic (exact) mass is 630 g/mol. The van der Waals surface area contributed by atoms with Gasteiger partial charge in [0.25, 0.3) is 0 Å². The minimum atomic E-state index is 0.690. The SMILES string of the molecule is COc1ccc(-c2cc(-c3ccc(Br)cc3)nc3c(N4c5ccccc5Sc5ccccc54)ccc(C)c23)cc1OC. The topological polar surface area (TPSA) is 34.6 Å². The van der Waals surface area contributed by atoms with Gasteiger partial charge in [-0.2, -0.15) is 0 Å². The lowest BCUT2D eigenvalue weighted by Gasteiger charge is -2.33. The number of pyridine rings is 1. The van der Waals surface area contributed by atoms with Gasteiger partial charge in [0.1, 0.15) is 0 Å². The maximum absolute atomic E-state index is 5.71. The normalized spacial score (nSPS) is 12.1. The van der Waals surface area contributed by atoms with Gasteiger partial charge in [0.15, 0.2) is 11.5 Å². The molecule has 0 saturated heterocycles. The minimum absolute atomic E-state index is 0.690. The molecule has 5 aromatic carbocycles. The number of aryl methyl sites for hydroxylation is 1. The van der Waals surface area contributed by atoms with Crippen LogP contribution in [0.4, 0.5) is 17.1 Å². The lowest BCUT2D eigenvalue weighted by Crippen LogP contribution is -2.15. The molecule has 0 radical (unpaired) electrons. The molecule has 1 aliphatic rings. The lowest BCUT2D eigenvalue weighted by molar-refractivity contribution is 0.355. The molecule has 4 nitrogen and oxygen atoms in total. The van der Waals surface area contributed by atoms with Crippen LogP contribution in [0.5, 0.6) is 11.5 Å². The maximum atomic E-state index is 5.71. The molecule has 1 aliphatic heterocycles. The summed E-state index contributed by atoms with van der Waals surface area (Å²) in [6.45, 7) is 2.16. The second-order valence-corrected chi connectivity index (χ2v) is 12.1. The number of nitrogens with zero attached hydrogens (tertiary/aromatic N) is 2. The van der Waals surface area contributed by atoms with Gasteiger partial charge in [-0.05, 0) is 84.3 Å². The predicted octanol–water partition coefficient (Wildman–Crippen LogP) is 10.6. The van der Waals surface area contributed by atoms with Crippen molar-refractivity contribution in [1.29, 1.82) is 0 Å². The van der Waals surface area contributed by atoms with Crippen molar-refractivity contribution in [2.75, 3.05) is 19.1 Å². The van der Waals surface area contributed by atoms with E-state index in [1.807, 2.05) is 12.1 Å². The minimum Gasteiger partial charge on any atom is -0.493 e. The van der Waals surface area contributed by atoms with Crippen molar-refractivity contribution in [3.05, 3.63) is 119 Å². The molecule has 0 fully saturated rings. The number of hydrogen-bond donors (Lipinski definition) is 0. The lowest BCUT2D eigenvalue weighted by atomic mass is 9.94. The Morgan fingerprint density at radius 3 is 1.98 bits per heavy atom. The maximum Gasteiger partial charge on any atom is 0.161 e. The van der Waals surface area contributed by atoms with E-state index < -0.39 is 0 Å². The molecular weight excluding hydrogens is 604 g/mol. The third-order valence-electron chi connectivity index (χ3n) is 7.66. The Morgan fingerprint density at radius 1 is 0.667 bits per heavy atom. The third kappa shape index (κ3) is 4.52. The van der Waals surface area contributed by atoms with Gasteiger partial charge >= 0.3 is 0 Å². The standard InChI is InChI=1S/C36H27BrN2O2S/c1-22-12-18-30(39-28-8-4-6-10-33(28)42-34-11-7-5-9-29(34)39)36-35(22)26(24-15-19-31(40-2)32(20-24)41-3)21-27(38-36)23-13-16-25(37)17-14-23/h4-21H,1-3H3. The number of methoxy groups -OCH3 is 2. The van der Waals surface area contributed by atoms with Crippen LogP contribution >= 0.6 is 27.7 Å². The Hall–Kier alpha value is -4.26. The predicted molar refractivity (Wildman–Crippen MR) is 177 cm³/mol. The van der Waals surface area contributed by atoms with Crippen LogP contribution in [0.25, 0.3) is 33.3 Å². The van der Waals surface area contributed by atoms with Crippen molar-refractivity contribution in [3.8, 4) is 33.9 Å². The van der Waals surface area contributed by atoms with Crippen molar-refractivity contribution >= 4 is 55.7 Å². The van der Waals surface area contributed by atoms with Gasteiger partial charge in [0.2, 0.25) is 0 Å². The van der Waals surface area contributed by atoms with Crippen molar-refractivity contribution in [2.45, 2.75) is 16.7 Å². The molecule has 0 saturated carbocycles. The molecule has 1 aromatic heterocycles. The smallest absolute Gasteiger partial charge is 0.161 e. The zero-order valence-corrected chi connectivity index (χ0v) is 25.8. The van der Waals surface area contributed by atoms with Gasteiger partial charge < -0.3 is 14.4 Å². The molecule has 6 heteroatoms. The molecule has 0 spiro atoms. The molecule has 0 bridgehead atoms. The summed E-state index contributed by atoms with van der Waals surface area (Å²) in [4.78, 5) is 10.2. The second kappa shape index (κ2) is 10.9. The zero-order valence-electron chi connectivity index (χ0n) is 23.4. The highest BCUT2D eigenvalue weighted by Gasteiger charge is 2.27. The fourth-order valence-corrected chi connectivity index (χ4v) is 6.96. The first-order valence-corrected chi connectivity index (χ1v) is 15.3. The molecule has 0 aliphatic carbocycles. The molecular formula is C36H27BrN2O2S. The Balaban J connectivity index is 1.57. The quantitative estimate of drug-likeness (QED) is 0.189. The van der Waals surface area contributed by atoms with Crippen molar-refractivity contribution in [2.24, 2.45) is 0 Å². The van der Waals surface area contributed by atoms with E-state index in [9.17, 15) is 0 Å². The first-order valence-electron chi connectivity index (χ1n) is 13.6. The summed E-state index contributed by atoms with van der Waals surface area (Å²) in [5, 5.41) is 1.11. The number of ether oxygens (including phenoxy) is 2. The number of fused-ring (bicyclic) bond motifs is 3. The number of hydrogen-bond acceptors (Lipinski definition) is 5. The Labute approximate surface area is 258 Å². The molecule has 0 unspecified atom stereocenters. The molecule has 0 atom stereocenters. The fraction of sp³-hybridized carbons (Fsp3) is 0.0833. The molecule has 0 amide bonds. The van der Waals surface area contributed by atoms with E-state index in [1.165, 1.54) is 9.79 Å². The average molecular weight is 632 g/mol. The Kier molecular flexibility index (Phi) is 6.88. The number of rotatable bonds is 5. The van der Waals surface area contributed by atoms with E-state index >= 15 is 0 Å². The van der Waals surface area contributed by atoms with E-state index in [-0.39, 0.29) is 0 Å². The molecule has 42 heavy (non-hydrogen) atoms. The number of benzene rings is 5. The summed E-state index contributed by atoms with van der Waals surface area (Å²) in [5.74, 6) is 1.39. The molecule has 7 rings (SSSR count). The van der Waals surface area contributed by atoms with Crippen molar-refractivity contribution < 1.29 is 9.47 Å². The molecule has 0 N–H and O–H groups in total. The van der Waals surface area contributed by atoms with E-state index in [2.05, 4.69) is 125 Å². The second-order valence-electron chi connectivity index (χ2n) is 10.1. The number of halogens is 1. The van der Waals surface area contributed by atoms with Gasteiger partial charge in [0, 0.05) is 25.2 Å². The van der Waals surface area contributed by atoms with Crippen LogP contribution in [0.1, 0.15) is 5.56 Å². The Bertz CT molecular complexity index is 1930. The van der Waals surface area contributed by atoms with Crippen molar-refractivity contribution in [3.63, 3.8) is 0 Å². The Morgan fingerprint density at radius 2 is 1.31 bits per heavy atom. The van der Waals surface area contributed by atoms with Crippen LogP contribution in [0, 0.1) is 6.92 Å². The summed E-state index contributed by atoms with van der Waals surface area (Å²) in [5.41, 5.74) is 9.50. The first kappa shape index (κ1) is 26.6. The van der Waals surface area contributed by atoms with Crippen LogP contribution in [0.3, 0.4) is 0 Å². The zero-order chi connectivity index (χ0) is 28.8. The van der Waals surface area contributed by atoms with Crippen LogP contribution in [0.2, 0.25) is 0 Å². The summed E-state index contributed by atoms with van der Waals surface area (Å²) in [6.07, 6.45) is 0. The van der Waals surface area contributed by atoms with Crippen LogP contribution in [-0.4, -0.2) is 19.2 Å². The van der Waals surface area contributed by atoms with Crippen LogP contribution in [0.15, 0.2) is 123 Å². The van der Waals surface area contributed by atoms with E-state index in [1.54, 1.807) is 26.0 Å². The highest BCUT2D eigenvalue weighted by Crippen LogP contribution is 2.53. The summed E-state index contributed by atoms with van der Waals surface area (Å²) in [7, 11) is 3.33. The third-order valence-corrected chi connectivity index (χ3v) is 9.31. The fourth-order valence-electron chi connectivity index (χ4n) is 5.64. The summed E-state index contributed by atoms with van der Waals surface area (Å²) in [6, 6.07) is 38.2. The highest BCUT2D eigenvalue weighted by molar-refractivity contribution is 9.10. The average Bonchev–Trinajstić information content (AvgIpc) is 3.03. The van der Waals surface area contributed by atoms with E-state index in [0.29, 0.717) is 11.5 Å². The van der Waals surface area contributed by atoms with Crippen LogP contribution in [-0.2, 0) is 0 Å². The van der Waals surface area contributed by atoms with Crippen LogP contribution < -0.4 is 14.4 Å². The van der Waals surface area contributed by atoms with E-state index in [4.69, 9.17) is 14.5 Å². The van der Waals surface area contributed by atoms with Gasteiger partial charge in [0.05, 0.1) is 42.5 Å². The van der Waals surface area contributed by atoms with Gasteiger partial charge in [-0.25, -0.2) is 4.98 Å². The number of anilines is 3. The van der Waals surface area contributed by atoms with Gasteiger partial charge in [-0.3, -0.25) is 0 Å². The molecule has 6 aromatic rings. The molecule has 206 valence electrons. The number of para-hydroxylation sites is 2. The van der Waals surface area contributed by atoms with Gasteiger partial charge in [-0.15, -0.1) is 0 Å². The van der Waals surface area contributed by atoms with Gasteiger partial charge in [-0.1, -0.05) is 76.2 Å². The van der Waals surface area contributed by atoms with E-state index in [0.717, 1.165) is 60.4 Å². The highest BCUT2D eigenvalue weighted by atomic mass is 79.9. The molecule has 2 heterocycles. The summed E-state index contributed by atoms with van der Waals surface area (Å²) >= 11 is 5.39. The van der Waals surface area contributed by atoms with Crippen molar-refractivity contribution in [1.82, 2.24) is 4.98 Å². The largest absolute Gasteiger partial charge is 0.493 e.